The second-order valence-electron chi connectivity index (χ2n) is 7.76. The standard InChI is InChI=1S/C20H26FN5O2/c1-20(24-13-19(27)26-14-16(21)9-17(26)10-22)6-4-18(5-7-20)28-25-12-15-3-2-8-23-11-15/h2-3,8,11-12,16-18,24H,4-7,9,13-14H2,1H3/b25-12+/t16-,17-,18?,20?/m0/s1. The van der Waals surface area contributed by atoms with Crippen LogP contribution >= 0.6 is 0 Å². The van der Waals surface area contributed by atoms with E-state index in [2.05, 4.69) is 22.4 Å². The lowest BCUT2D eigenvalue weighted by Gasteiger charge is -2.37. The first-order valence-corrected chi connectivity index (χ1v) is 9.66. The summed E-state index contributed by atoms with van der Waals surface area (Å²) in [5.41, 5.74) is 0.705. The molecule has 0 bridgehead atoms. The molecule has 7 nitrogen and oxygen atoms in total. The summed E-state index contributed by atoms with van der Waals surface area (Å²) in [5.74, 6) is -0.215. The minimum Gasteiger partial charge on any atom is -0.392 e. The van der Waals surface area contributed by atoms with Crippen molar-refractivity contribution in [2.75, 3.05) is 13.1 Å². The average molecular weight is 387 g/mol. The van der Waals surface area contributed by atoms with Crippen molar-refractivity contribution in [1.82, 2.24) is 15.2 Å². The van der Waals surface area contributed by atoms with Crippen LogP contribution in [0.5, 0.6) is 0 Å². The Labute approximate surface area is 164 Å². The van der Waals surface area contributed by atoms with E-state index in [1.807, 2.05) is 18.2 Å². The van der Waals surface area contributed by atoms with Crippen LogP contribution in [0.15, 0.2) is 29.7 Å². The SMILES string of the molecule is CC1(NCC(=O)N2C[C@@H](F)C[C@H]2C#N)CCC(O/N=C/c2cccnc2)CC1. The first-order valence-electron chi connectivity index (χ1n) is 9.66. The summed E-state index contributed by atoms with van der Waals surface area (Å²) in [6.45, 7) is 2.21. The first kappa shape index (κ1) is 20.2. The Balaban J connectivity index is 1.41. The van der Waals surface area contributed by atoms with Gasteiger partial charge in [0.15, 0.2) is 0 Å². The molecule has 1 aliphatic carbocycles. The maximum Gasteiger partial charge on any atom is 0.237 e. The summed E-state index contributed by atoms with van der Waals surface area (Å²) >= 11 is 0. The van der Waals surface area contributed by atoms with E-state index in [-0.39, 0.29) is 37.1 Å². The predicted molar refractivity (Wildman–Crippen MR) is 102 cm³/mol. The third kappa shape index (κ3) is 5.26. The van der Waals surface area contributed by atoms with Crippen LogP contribution in [0, 0.1) is 11.3 Å². The van der Waals surface area contributed by atoms with Crippen LogP contribution in [0.1, 0.15) is 44.6 Å². The number of amides is 1. The number of halogens is 1. The van der Waals surface area contributed by atoms with Gasteiger partial charge in [-0.3, -0.25) is 9.78 Å². The number of nitriles is 1. The summed E-state index contributed by atoms with van der Waals surface area (Å²) in [6.07, 6.45) is 7.48. The van der Waals surface area contributed by atoms with Crippen LogP contribution in [0.25, 0.3) is 0 Å². The minimum absolute atomic E-state index is 0.0142. The Hall–Kier alpha value is -2.53. The molecule has 1 aromatic rings. The molecule has 0 spiro atoms. The van der Waals surface area contributed by atoms with Gasteiger partial charge in [0.25, 0.3) is 0 Å². The van der Waals surface area contributed by atoms with Crippen molar-refractivity contribution >= 4 is 12.1 Å². The smallest absolute Gasteiger partial charge is 0.237 e. The van der Waals surface area contributed by atoms with Crippen molar-refractivity contribution in [2.24, 2.45) is 5.16 Å². The minimum atomic E-state index is -1.11. The van der Waals surface area contributed by atoms with Crippen molar-refractivity contribution < 1.29 is 14.0 Å². The highest BCUT2D eigenvalue weighted by Gasteiger charge is 2.37. The lowest BCUT2D eigenvalue weighted by atomic mass is 9.82. The topological polar surface area (TPSA) is 90.6 Å². The van der Waals surface area contributed by atoms with Crippen molar-refractivity contribution in [2.45, 2.75) is 62.9 Å². The number of rotatable bonds is 6. The Kier molecular flexibility index (Phi) is 6.57. The van der Waals surface area contributed by atoms with Gasteiger partial charge >= 0.3 is 0 Å². The summed E-state index contributed by atoms with van der Waals surface area (Å²) in [5, 5.41) is 16.4. The molecule has 1 aromatic heterocycles. The molecular weight excluding hydrogens is 361 g/mol. The number of likely N-dealkylation sites (tertiary alicyclic amines) is 1. The molecule has 0 aromatic carbocycles. The lowest BCUT2D eigenvalue weighted by Crippen LogP contribution is -2.51. The second kappa shape index (κ2) is 9.11. The number of nitrogens with one attached hydrogen (secondary N) is 1. The number of hydrogen-bond donors (Lipinski definition) is 1. The molecule has 150 valence electrons. The zero-order valence-electron chi connectivity index (χ0n) is 16.1. The fraction of sp³-hybridized carbons (Fsp3) is 0.600. The summed E-state index contributed by atoms with van der Waals surface area (Å²) in [4.78, 5) is 23.3. The largest absolute Gasteiger partial charge is 0.392 e. The highest BCUT2D eigenvalue weighted by Crippen LogP contribution is 2.30. The molecule has 1 amide bonds. The van der Waals surface area contributed by atoms with Crippen LogP contribution in [0.3, 0.4) is 0 Å². The van der Waals surface area contributed by atoms with Gasteiger partial charge in [0, 0.05) is 29.9 Å². The average Bonchev–Trinajstić information content (AvgIpc) is 3.10. The normalized spacial score (nSPS) is 30.3. The van der Waals surface area contributed by atoms with E-state index in [0.717, 1.165) is 31.2 Å². The number of oxime groups is 1. The molecule has 2 fully saturated rings. The molecule has 1 saturated carbocycles. The summed E-state index contributed by atoms with van der Waals surface area (Å²) in [7, 11) is 0. The van der Waals surface area contributed by atoms with E-state index in [0.29, 0.717) is 0 Å². The van der Waals surface area contributed by atoms with Gasteiger partial charge in [-0.1, -0.05) is 11.2 Å². The monoisotopic (exact) mass is 387 g/mol. The Morgan fingerprint density at radius 3 is 3.04 bits per heavy atom. The fourth-order valence-corrected chi connectivity index (χ4v) is 3.71. The van der Waals surface area contributed by atoms with Crippen molar-refractivity contribution in [3.05, 3.63) is 30.1 Å². The van der Waals surface area contributed by atoms with Gasteiger partial charge in [-0.15, -0.1) is 0 Å². The third-order valence-corrected chi connectivity index (χ3v) is 5.52. The zero-order chi connectivity index (χ0) is 20.0. The maximum absolute atomic E-state index is 13.5. The van der Waals surface area contributed by atoms with E-state index < -0.39 is 12.2 Å². The lowest BCUT2D eigenvalue weighted by molar-refractivity contribution is -0.130. The van der Waals surface area contributed by atoms with E-state index in [1.165, 1.54) is 4.90 Å². The molecule has 1 saturated heterocycles. The van der Waals surface area contributed by atoms with Crippen molar-refractivity contribution in [3.63, 3.8) is 0 Å². The number of pyridine rings is 1. The van der Waals surface area contributed by atoms with Gasteiger partial charge in [0.2, 0.25) is 5.91 Å². The number of carbonyl (C=O) groups excluding carboxylic acids is 1. The Bertz CT molecular complexity index is 728. The molecule has 28 heavy (non-hydrogen) atoms. The summed E-state index contributed by atoms with van der Waals surface area (Å²) < 4.78 is 13.5. The molecule has 1 N–H and O–H groups in total. The van der Waals surface area contributed by atoms with Crippen LogP contribution in [-0.2, 0) is 9.63 Å². The van der Waals surface area contributed by atoms with Gasteiger partial charge in [-0.05, 0) is 38.7 Å². The molecule has 3 rings (SSSR count). The van der Waals surface area contributed by atoms with Crippen LogP contribution in [0.4, 0.5) is 4.39 Å². The van der Waals surface area contributed by atoms with Crippen LogP contribution < -0.4 is 5.32 Å². The van der Waals surface area contributed by atoms with Crippen molar-refractivity contribution in [1.29, 1.82) is 5.26 Å². The first-order chi connectivity index (χ1) is 13.5. The van der Waals surface area contributed by atoms with Crippen LogP contribution in [-0.4, -0.2) is 59.0 Å². The molecular formula is C20H26FN5O2. The fourth-order valence-electron chi connectivity index (χ4n) is 3.71. The van der Waals surface area contributed by atoms with Gasteiger partial charge in [0.05, 0.1) is 25.4 Å². The third-order valence-electron chi connectivity index (χ3n) is 5.52. The van der Waals surface area contributed by atoms with E-state index in [4.69, 9.17) is 10.1 Å². The van der Waals surface area contributed by atoms with Gasteiger partial charge < -0.3 is 15.1 Å². The molecule has 0 radical (unpaired) electrons. The molecule has 2 heterocycles. The number of nitrogens with zero attached hydrogens (tertiary/aromatic N) is 4. The highest BCUT2D eigenvalue weighted by molar-refractivity contribution is 5.79. The predicted octanol–water partition coefficient (Wildman–Crippen LogP) is 2.19. The van der Waals surface area contributed by atoms with Crippen molar-refractivity contribution in [3.8, 4) is 6.07 Å². The highest BCUT2D eigenvalue weighted by atomic mass is 19.1. The molecule has 2 aliphatic rings. The number of hydrogen-bond acceptors (Lipinski definition) is 6. The van der Waals surface area contributed by atoms with E-state index in [1.54, 1.807) is 18.6 Å². The molecule has 1 aliphatic heterocycles. The number of carbonyl (C=O) groups is 1. The number of aromatic nitrogens is 1. The number of alkyl halides is 1. The van der Waals surface area contributed by atoms with E-state index >= 15 is 0 Å². The second-order valence-corrected chi connectivity index (χ2v) is 7.76. The zero-order valence-corrected chi connectivity index (χ0v) is 16.1. The van der Waals surface area contributed by atoms with E-state index in [9.17, 15) is 9.18 Å². The molecule has 0 unspecified atom stereocenters. The van der Waals surface area contributed by atoms with Gasteiger partial charge in [-0.2, -0.15) is 5.26 Å². The quantitative estimate of drug-likeness (QED) is 0.597. The van der Waals surface area contributed by atoms with Gasteiger partial charge in [-0.25, -0.2) is 4.39 Å². The van der Waals surface area contributed by atoms with Gasteiger partial charge in [0.1, 0.15) is 18.3 Å². The Morgan fingerprint density at radius 1 is 1.57 bits per heavy atom. The maximum atomic E-state index is 13.5. The van der Waals surface area contributed by atoms with Crippen LogP contribution in [0.2, 0.25) is 0 Å². The molecule has 8 heteroatoms. The molecule has 2 atom stereocenters. The summed E-state index contributed by atoms with van der Waals surface area (Å²) in [6, 6.07) is 5.11. The Morgan fingerprint density at radius 2 is 2.36 bits per heavy atom.